The van der Waals surface area contributed by atoms with E-state index in [1.807, 2.05) is 13.0 Å². The number of rotatable bonds is 5. The molecule has 24 heavy (non-hydrogen) atoms. The molecule has 0 radical (unpaired) electrons. The van der Waals surface area contributed by atoms with Crippen molar-refractivity contribution in [2.75, 3.05) is 18.0 Å². The molecular weight excluding hydrogens is 306 g/mol. The van der Waals surface area contributed by atoms with Gasteiger partial charge in [0.15, 0.2) is 0 Å². The average molecular weight is 327 g/mol. The number of carboxylic acid groups (broad SMARTS) is 1. The van der Waals surface area contributed by atoms with E-state index in [4.69, 9.17) is 5.11 Å². The van der Waals surface area contributed by atoms with Crippen molar-refractivity contribution in [3.8, 4) is 0 Å². The summed E-state index contributed by atoms with van der Waals surface area (Å²) in [7, 11) is 0. The van der Waals surface area contributed by atoms with Gasteiger partial charge in [-0.2, -0.15) is 0 Å². The van der Waals surface area contributed by atoms with E-state index in [1.165, 1.54) is 0 Å². The van der Waals surface area contributed by atoms with E-state index in [2.05, 4.69) is 24.8 Å². The van der Waals surface area contributed by atoms with Crippen LogP contribution in [0.3, 0.4) is 0 Å². The van der Waals surface area contributed by atoms with Crippen LogP contribution in [0.25, 0.3) is 0 Å². The molecule has 0 amide bonds. The Kier molecular flexibility index (Phi) is 4.98. The van der Waals surface area contributed by atoms with E-state index in [0.29, 0.717) is 6.42 Å². The van der Waals surface area contributed by atoms with Crippen molar-refractivity contribution in [3.05, 3.63) is 41.9 Å². The van der Waals surface area contributed by atoms with Crippen molar-refractivity contribution in [2.24, 2.45) is 0 Å². The largest absolute Gasteiger partial charge is 0.481 e. The second-order valence-electron chi connectivity index (χ2n) is 6.10. The van der Waals surface area contributed by atoms with Crippen LogP contribution in [0.2, 0.25) is 0 Å². The van der Waals surface area contributed by atoms with Gasteiger partial charge in [-0.15, -0.1) is 0 Å². The Morgan fingerprint density at radius 2 is 2.25 bits per heavy atom. The zero-order chi connectivity index (χ0) is 16.9. The lowest BCUT2D eigenvalue weighted by Crippen LogP contribution is -2.35. The number of hydrogen-bond acceptors (Lipinski definition) is 6. The molecule has 2 aromatic heterocycles. The molecule has 0 spiro atoms. The maximum absolute atomic E-state index is 10.8. The van der Waals surface area contributed by atoms with E-state index in [0.717, 1.165) is 49.0 Å². The topological polar surface area (TPSA) is 92.1 Å². The highest BCUT2D eigenvalue weighted by atomic mass is 16.4. The molecule has 3 rings (SSSR count). The average Bonchev–Trinajstić information content (AvgIpc) is 2.60. The highest BCUT2D eigenvalue weighted by molar-refractivity contribution is 5.66. The molecule has 0 saturated carbocycles. The third-order valence-electron chi connectivity index (χ3n) is 4.18. The van der Waals surface area contributed by atoms with Gasteiger partial charge >= 0.3 is 5.97 Å². The third kappa shape index (κ3) is 4.04. The Morgan fingerprint density at radius 3 is 3.00 bits per heavy atom. The minimum atomic E-state index is -0.806. The number of nitrogens with zero attached hydrogens (tertiary/aromatic N) is 5. The molecule has 0 aliphatic carbocycles. The van der Waals surface area contributed by atoms with Crippen LogP contribution < -0.4 is 4.90 Å². The molecule has 1 aliphatic heterocycles. The number of carbonyl (C=O) groups is 1. The first-order valence-electron chi connectivity index (χ1n) is 8.19. The predicted molar refractivity (Wildman–Crippen MR) is 88.9 cm³/mol. The predicted octanol–water partition coefficient (Wildman–Crippen LogP) is 1.98. The summed E-state index contributed by atoms with van der Waals surface area (Å²) in [6, 6.07) is 1.87. The van der Waals surface area contributed by atoms with Crippen LogP contribution in [0.15, 0.2) is 24.7 Å². The maximum Gasteiger partial charge on any atom is 0.303 e. The van der Waals surface area contributed by atoms with E-state index >= 15 is 0 Å². The van der Waals surface area contributed by atoms with Crippen LogP contribution in [0.4, 0.5) is 5.82 Å². The molecule has 1 aliphatic rings. The zero-order valence-corrected chi connectivity index (χ0v) is 13.7. The third-order valence-corrected chi connectivity index (χ3v) is 4.18. The molecule has 2 aromatic rings. The quantitative estimate of drug-likeness (QED) is 0.897. The fraction of sp³-hybridized carbons (Fsp3) is 0.471. The number of piperidine rings is 1. The van der Waals surface area contributed by atoms with Gasteiger partial charge in [-0.25, -0.2) is 15.0 Å². The molecule has 0 bridgehead atoms. The second-order valence-corrected chi connectivity index (χ2v) is 6.10. The summed E-state index contributed by atoms with van der Waals surface area (Å²) in [6.07, 6.45) is 7.74. The minimum Gasteiger partial charge on any atom is -0.481 e. The van der Waals surface area contributed by atoms with Gasteiger partial charge in [-0.1, -0.05) is 0 Å². The van der Waals surface area contributed by atoms with E-state index in [-0.39, 0.29) is 12.3 Å². The van der Waals surface area contributed by atoms with Crippen molar-refractivity contribution >= 4 is 11.8 Å². The number of carboxylic acids is 1. The SMILES string of the molecule is Cc1cc(CCC(=O)O)nc(C2CCCN(c3cnccn3)C2)n1. The molecular formula is C17H21N5O2. The molecule has 7 nitrogen and oxygen atoms in total. The first kappa shape index (κ1) is 16.3. The standard InChI is InChI=1S/C17H21N5O2/c1-12-9-14(4-5-16(23)24)21-17(20-12)13-3-2-8-22(11-13)15-10-18-6-7-19-15/h6-7,9-10,13H,2-5,8,11H2,1H3,(H,23,24). The first-order chi connectivity index (χ1) is 11.6. The van der Waals surface area contributed by atoms with E-state index in [1.54, 1.807) is 18.6 Å². The Hall–Kier alpha value is -2.57. The van der Waals surface area contributed by atoms with Crippen molar-refractivity contribution in [3.63, 3.8) is 0 Å². The Balaban J connectivity index is 1.76. The van der Waals surface area contributed by atoms with Crippen molar-refractivity contribution < 1.29 is 9.90 Å². The van der Waals surface area contributed by atoms with Gasteiger partial charge in [0.05, 0.1) is 12.6 Å². The summed E-state index contributed by atoms with van der Waals surface area (Å²) >= 11 is 0. The number of aryl methyl sites for hydroxylation is 2. The highest BCUT2D eigenvalue weighted by Gasteiger charge is 2.25. The van der Waals surface area contributed by atoms with Gasteiger partial charge in [-0.05, 0) is 25.8 Å². The molecule has 1 saturated heterocycles. The van der Waals surface area contributed by atoms with Gasteiger partial charge in [0.25, 0.3) is 0 Å². The summed E-state index contributed by atoms with van der Waals surface area (Å²) in [5, 5.41) is 8.86. The van der Waals surface area contributed by atoms with Crippen LogP contribution in [0.5, 0.6) is 0 Å². The van der Waals surface area contributed by atoms with Gasteiger partial charge < -0.3 is 10.0 Å². The summed E-state index contributed by atoms with van der Waals surface area (Å²) in [5.74, 6) is 1.11. The zero-order valence-electron chi connectivity index (χ0n) is 13.7. The molecule has 1 N–H and O–H groups in total. The molecule has 3 heterocycles. The summed E-state index contributed by atoms with van der Waals surface area (Å²) < 4.78 is 0. The highest BCUT2D eigenvalue weighted by Crippen LogP contribution is 2.27. The molecule has 7 heteroatoms. The van der Waals surface area contributed by atoms with E-state index in [9.17, 15) is 4.79 Å². The molecule has 0 aromatic carbocycles. The summed E-state index contributed by atoms with van der Waals surface area (Å²) in [5.41, 5.74) is 1.69. The number of hydrogen-bond donors (Lipinski definition) is 1. The fourth-order valence-corrected chi connectivity index (χ4v) is 3.05. The lowest BCUT2D eigenvalue weighted by molar-refractivity contribution is -0.136. The van der Waals surface area contributed by atoms with Gasteiger partial charge in [0.2, 0.25) is 0 Å². The van der Waals surface area contributed by atoms with Crippen molar-refractivity contribution in [2.45, 2.75) is 38.5 Å². The van der Waals surface area contributed by atoms with Crippen LogP contribution in [-0.4, -0.2) is 44.1 Å². The second kappa shape index (κ2) is 7.33. The van der Waals surface area contributed by atoms with Crippen molar-refractivity contribution in [1.82, 2.24) is 19.9 Å². The minimum absolute atomic E-state index is 0.0896. The summed E-state index contributed by atoms with van der Waals surface area (Å²) in [4.78, 5) is 30.7. The molecule has 1 unspecified atom stereocenters. The molecule has 1 atom stereocenters. The number of aromatic nitrogens is 4. The lowest BCUT2D eigenvalue weighted by atomic mass is 9.97. The lowest BCUT2D eigenvalue weighted by Gasteiger charge is -2.32. The first-order valence-corrected chi connectivity index (χ1v) is 8.19. The van der Waals surface area contributed by atoms with E-state index < -0.39 is 5.97 Å². The Morgan fingerprint density at radius 1 is 1.38 bits per heavy atom. The van der Waals surface area contributed by atoms with Crippen LogP contribution in [0, 0.1) is 6.92 Å². The molecule has 1 fully saturated rings. The van der Waals surface area contributed by atoms with Crippen LogP contribution in [-0.2, 0) is 11.2 Å². The van der Waals surface area contributed by atoms with Crippen LogP contribution >= 0.6 is 0 Å². The normalized spacial score (nSPS) is 17.7. The number of aliphatic carboxylic acids is 1. The van der Waals surface area contributed by atoms with Crippen molar-refractivity contribution in [1.29, 1.82) is 0 Å². The monoisotopic (exact) mass is 327 g/mol. The molecule has 126 valence electrons. The smallest absolute Gasteiger partial charge is 0.303 e. The van der Waals surface area contributed by atoms with Crippen LogP contribution in [0.1, 0.15) is 42.4 Å². The maximum atomic E-state index is 10.8. The Bertz CT molecular complexity index is 707. The number of anilines is 1. The Labute approximate surface area is 140 Å². The summed E-state index contributed by atoms with van der Waals surface area (Å²) in [6.45, 7) is 3.69. The van der Waals surface area contributed by atoms with Gasteiger partial charge in [0.1, 0.15) is 11.6 Å². The fourth-order valence-electron chi connectivity index (χ4n) is 3.05. The van der Waals surface area contributed by atoms with Gasteiger partial charge in [0, 0.05) is 49.2 Å². The van der Waals surface area contributed by atoms with Gasteiger partial charge in [-0.3, -0.25) is 9.78 Å².